The molecule has 0 aliphatic carbocycles. The van der Waals surface area contributed by atoms with Crippen LogP contribution in [0.1, 0.15) is 30.0 Å². The molecule has 1 saturated heterocycles. The highest BCUT2D eigenvalue weighted by atomic mass is 35.5. The van der Waals surface area contributed by atoms with Gasteiger partial charge in [0.05, 0.1) is 15.5 Å². The average Bonchev–Trinajstić information content (AvgIpc) is 3.13. The third kappa shape index (κ3) is 3.40. The van der Waals surface area contributed by atoms with Crippen molar-refractivity contribution in [3.63, 3.8) is 0 Å². The van der Waals surface area contributed by atoms with E-state index in [4.69, 9.17) is 21.1 Å². The monoisotopic (exact) mass is 391 g/mol. The van der Waals surface area contributed by atoms with Gasteiger partial charge < -0.3 is 9.52 Å². The topological polar surface area (TPSA) is 87.8 Å². The van der Waals surface area contributed by atoms with Crippen LogP contribution in [0.15, 0.2) is 39.7 Å². The predicted octanol–water partition coefficient (Wildman–Crippen LogP) is 4.74. The normalized spacial score (nSPS) is 16.2. The highest BCUT2D eigenvalue weighted by Crippen LogP contribution is 2.34. The molecule has 8 heteroatoms. The zero-order valence-electron chi connectivity index (χ0n) is 13.9. The molecule has 1 aromatic heterocycles. The number of hydrogen-bond acceptors (Lipinski definition) is 5. The van der Waals surface area contributed by atoms with Gasteiger partial charge in [0.1, 0.15) is 11.5 Å². The Morgan fingerprint density at radius 2 is 2.00 bits per heavy atom. The number of aromatic carboxylic acids is 1. The summed E-state index contributed by atoms with van der Waals surface area (Å²) in [6, 6.07) is 7.63. The number of carboxylic acids is 1. The summed E-state index contributed by atoms with van der Waals surface area (Å²) in [5.74, 6) is -0.668. The molecule has 0 radical (unpaired) electrons. The molecule has 0 bridgehead atoms. The lowest BCUT2D eigenvalue weighted by Gasteiger charge is -2.16. The fourth-order valence-corrected chi connectivity index (χ4v) is 3.62. The van der Waals surface area contributed by atoms with Gasteiger partial charge >= 0.3 is 5.97 Å². The summed E-state index contributed by atoms with van der Waals surface area (Å²) in [5, 5.41) is 8.98. The first-order valence-electron chi connectivity index (χ1n) is 7.68. The Bertz CT molecular complexity index is 947. The average molecular weight is 392 g/mol. The fraction of sp³-hybridized carbons (Fsp3) is 0.167. The molecule has 0 atom stereocenters. The van der Waals surface area contributed by atoms with Crippen LogP contribution in [0, 0.1) is 0 Å². The Kier molecular flexibility index (Phi) is 4.93. The van der Waals surface area contributed by atoms with Gasteiger partial charge in [-0.25, -0.2) is 4.79 Å². The number of benzene rings is 1. The Hall–Kier alpha value is -2.51. The summed E-state index contributed by atoms with van der Waals surface area (Å²) in [7, 11) is 0. The molecule has 26 heavy (non-hydrogen) atoms. The van der Waals surface area contributed by atoms with Crippen molar-refractivity contribution in [3.8, 4) is 11.3 Å². The zero-order valence-corrected chi connectivity index (χ0v) is 15.4. The van der Waals surface area contributed by atoms with Crippen molar-refractivity contribution in [1.29, 1.82) is 0 Å². The maximum atomic E-state index is 12.3. The van der Waals surface area contributed by atoms with Gasteiger partial charge in [-0.2, -0.15) is 0 Å². The van der Waals surface area contributed by atoms with E-state index >= 15 is 0 Å². The predicted molar refractivity (Wildman–Crippen MR) is 99.1 cm³/mol. The molecule has 2 heterocycles. The molecule has 0 unspecified atom stereocenters. The van der Waals surface area contributed by atoms with Crippen LogP contribution in [0.2, 0.25) is 5.02 Å². The fourth-order valence-electron chi connectivity index (χ4n) is 2.48. The molecule has 0 spiro atoms. The SMILES string of the molecule is CC(C)N1C(=O)SC(=Cc2ccc(-c3ccc(Cl)c(C(=O)O)c3)o2)C1=O. The number of rotatable bonds is 4. The lowest BCUT2D eigenvalue weighted by atomic mass is 10.1. The molecule has 2 amide bonds. The molecular weight excluding hydrogens is 378 g/mol. The third-order valence-electron chi connectivity index (χ3n) is 3.72. The molecule has 3 rings (SSSR count). The molecule has 1 N–H and O–H groups in total. The Morgan fingerprint density at radius 1 is 1.27 bits per heavy atom. The number of carbonyl (C=O) groups excluding carboxylic acids is 2. The van der Waals surface area contributed by atoms with Crippen molar-refractivity contribution in [2.24, 2.45) is 0 Å². The summed E-state index contributed by atoms with van der Waals surface area (Å²) in [6.07, 6.45) is 1.50. The van der Waals surface area contributed by atoms with E-state index in [1.54, 1.807) is 32.0 Å². The van der Waals surface area contributed by atoms with Crippen molar-refractivity contribution in [3.05, 3.63) is 51.6 Å². The molecule has 1 aliphatic rings. The highest BCUT2D eigenvalue weighted by Gasteiger charge is 2.36. The second-order valence-electron chi connectivity index (χ2n) is 5.85. The minimum Gasteiger partial charge on any atom is -0.478 e. The summed E-state index contributed by atoms with van der Waals surface area (Å²) in [4.78, 5) is 36.9. The number of furan rings is 1. The molecule has 1 aromatic carbocycles. The van der Waals surface area contributed by atoms with E-state index in [-0.39, 0.29) is 32.7 Å². The number of thioether (sulfide) groups is 1. The zero-order chi connectivity index (χ0) is 19.0. The van der Waals surface area contributed by atoms with Gasteiger partial charge in [-0.1, -0.05) is 11.6 Å². The van der Waals surface area contributed by atoms with E-state index in [1.165, 1.54) is 23.1 Å². The Balaban J connectivity index is 1.90. The smallest absolute Gasteiger partial charge is 0.337 e. The molecule has 2 aromatic rings. The number of carbonyl (C=O) groups is 3. The summed E-state index contributed by atoms with van der Waals surface area (Å²) in [6.45, 7) is 3.54. The lowest BCUT2D eigenvalue weighted by Crippen LogP contribution is -2.34. The number of carboxylic acid groups (broad SMARTS) is 1. The van der Waals surface area contributed by atoms with E-state index in [2.05, 4.69) is 0 Å². The van der Waals surface area contributed by atoms with Gasteiger partial charge in [-0.05, 0) is 55.9 Å². The largest absolute Gasteiger partial charge is 0.478 e. The number of hydrogen-bond donors (Lipinski definition) is 1. The second-order valence-corrected chi connectivity index (χ2v) is 7.25. The maximum absolute atomic E-state index is 12.3. The molecule has 134 valence electrons. The summed E-state index contributed by atoms with van der Waals surface area (Å²) < 4.78 is 5.68. The van der Waals surface area contributed by atoms with Gasteiger partial charge in [0, 0.05) is 17.7 Å². The quantitative estimate of drug-likeness (QED) is 0.757. The van der Waals surface area contributed by atoms with Crippen molar-refractivity contribution < 1.29 is 23.9 Å². The molecule has 0 saturated carbocycles. The van der Waals surface area contributed by atoms with E-state index in [0.29, 0.717) is 17.1 Å². The number of amides is 2. The standard InChI is InChI=1S/C18H14ClNO5S/c1-9(2)20-16(21)15(26-18(20)24)8-11-4-6-14(25-11)10-3-5-13(19)12(7-10)17(22)23/h3-9H,1-2H3,(H,22,23). The molecule has 6 nitrogen and oxygen atoms in total. The first kappa shape index (κ1) is 18.3. The number of halogens is 1. The van der Waals surface area contributed by atoms with Gasteiger partial charge in [-0.3, -0.25) is 14.5 Å². The summed E-state index contributed by atoms with van der Waals surface area (Å²) in [5.41, 5.74) is 0.516. The minimum absolute atomic E-state index is 0.0276. The molecule has 1 fully saturated rings. The van der Waals surface area contributed by atoms with Gasteiger partial charge in [0.2, 0.25) is 0 Å². The van der Waals surface area contributed by atoms with E-state index < -0.39 is 5.97 Å². The Morgan fingerprint density at radius 3 is 2.62 bits per heavy atom. The van der Waals surface area contributed by atoms with Gasteiger partial charge in [0.25, 0.3) is 11.1 Å². The highest BCUT2D eigenvalue weighted by molar-refractivity contribution is 8.18. The van der Waals surface area contributed by atoms with Crippen LogP contribution in [0.5, 0.6) is 0 Å². The lowest BCUT2D eigenvalue weighted by molar-refractivity contribution is -0.123. The van der Waals surface area contributed by atoms with Crippen LogP contribution in [-0.2, 0) is 4.79 Å². The van der Waals surface area contributed by atoms with Crippen molar-refractivity contribution in [2.45, 2.75) is 19.9 Å². The van der Waals surface area contributed by atoms with Crippen molar-refractivity contribution >= 4 is 46.6 Å². The first-order chi connectivity index (χ1) is 12.3. The minimum atomic E-state index is -1.13. The van der Waals surface area contributed by atoms with Crippen LogP contribution < -0.4 is 0 Å². The first-order valence-corrected chi connectivity index (χ1v) is 8.87. The summed E-state index contributed by atoms with van der Waals surface area (Å²) >= 11 is 6.73. The van der Waals surface area contributed by atoms with Crippen LogP contribution in [-0.4, -0.2) is 33.2 Å². The third-order valence-corrected chi connectivity index (χ3v) is 4.93. The molecular formula is C18H14ClNO5S. The van der Waals surface area contributed by atoms with Crippen LogP contribution in [0.3, 0.4) is 0 Å². The van der Waals surface area contributed by atoms with Crippen LogP contribution >= 0.6 is 23.4 Å². The van der Waals surface area contributed by atoms with E-state index in [9.17, 15) is 14.4 Å². The van der Waals surface area contributed by atoms with Crippen molar-refractivity contribution in [2.75, 3.05) is 0 Å². The van der Waals surface area contributed by atoms with Crippen LogP contribution in [0.4, 0.5) is 4.79 Å². The van der Waals surface area contributed by atoms with Gasteiger partial charge in [0.15, 0.2) is 0 Å². The Labute approximate surface area is 158 Å². The maximum Gasteiger partial charge on any atom is 0.337 e. The number of imide groups is 1. The van der Waals surface area contributed by atoms with Crippen LogP contribution in [0.25, 0.3) is 17.4 Å². The molecule has 1 aliphatic heterocycles. The number of nitrogens with zero attached hydrogens (tertiary/aromatic N) is 1. The van der Waals surface area contributed by atoms with Crippen molar-refractivity contribution in [1.82, 2.24) is 4.90 Å². The van der Waals surface area contributed by atoms with Gasteiger partial charge in [-0.15, -0.1) is 0 Å². The van der Waals surface area contributed by atoms with E-state index in [0.717, 1.165) is 11.8 Å². The second kappa shape index (κ2) is 7.01. The van der Waals surface area contributed by atoms with E-state index in [1.807, 2.05) is 0 Å².